The molecule has 0 saturated carbocycles. The standard InChI is InChI=1S/C15H12BrIN2O2/c16-12-5-3-7-18-14(12)21-10-8-19(9-10)15(20)11-4-1-2-6-13(11)17/h1-7,10H,8-9H2. The summed E-state index contributed by atoms with van der Waals surface area (Å²) in [6.07, 6.45) is 1.69. The molecular formula is C15H12BrIN2O2. The first-order chi connectivity index (χ1) is 10.1. The second kappa shape index (κ2) is 6.31. The zero-order valence-corrected chi connectivity index (χ0v) is 14.7. The van der Waals surface area contributed by atoms with Gasteiger partial charge in [0, 0.05) is 9.77 Å². The van der Waals surface area contributed by atoms with Crippen LogP contribution in [0.25, 0.3) is 0 Å². The Hall–Kier alpha value is -1.15. The number of aromatic nitrogens is 1. The van der Waals surface area contributed by atoms with Gasteiger partial charge in [-0.2, -0.15) is 0 Å². The summed E-state index contributed by atoms with van der Waals surface area (Å²) in [5.74, 6) is 0.629. The largest absolute Gasteiger partial charge is 0.470 e. The molecule has 4 nitrogen and oxygen atoms in total. The highest BCUT2D eigenvalue weighted by Crippen LogP contribution is 2.25. The van der Waals surface area contributed by atoms with Crippen LogP contribution >= 0.6 is 38.5 Å². The Labute approximate surface area is 144 Å². The van der Waals surface area contributed by atoms with Crippen LogP contribution in [-0.4, -0.2) is 35.0 Å². The molecule has 0 unspecified atom stereocenters. The lowest BCUT2D eigenvalue weighted by atomic mass is 10.1. The number of benzene rings is 1. The molecule has 1 aromatic heterocycles. The molecule has 0 aliphatic carbocycles. The predicted molar refractivity (Wildman–Crippen MR) is 91.4 cm³/mol. The van der Waals surface area contributed by atoms with Crippen LogP contribution in [0.2, 0.25) is 0 Å². The quantitative estimate of drug-likeness (QED) is 0.662. The topological polar surface area (TPSA) is 42.4 Å². The zero-order chi connectivity index (χ0) is 14.8. The van der Waals surface area contributed by atoms with Gasteiger partial charge in [0.05, 0.1) is 23.1 Å². The van der Waals surface area contributed by atoms with E-state index in [1.165, 1.54) is 0 Å². The molecule has 0 N–H and O–H groups in total. The summed E-state index contributed by atoms with van der Waals surface area (Å²) in [6, 6.07) is 11.3. The number of nitrogens with zero attached hydrogens (tertiary/aromatic N) is 2. The highest BCUT2D eigenvalue weighted by molar-refractivity contribution is 14.1. The Morgan fingerprint density at radius 2 is 2.05 bits per heavy atom. The molecule has 1 saturated heterocycles. The van der Waals surface area contributed by atoms with Crippen LogP contribution in [-0.2, 0) is 0 Å². The molecule has 108 valence electrons. The van der Waals surface area contributed by atoms with Crippen molar-refractivity contribution >= 4 is 44.4 Å². The Balaban J connectivity index is 1.60. The van der Waals surface area contributed by atoms with Crippen molar-refractivity contribution < 1.29 is 9.53 Å². The molecule has 1 amide bonds. The molecule has 1 aliphatic heterocycles. The van der Waals surface area contributed by atoms with Crippen molar-refractivity contribution in [1.29, 1.82) is 0 Å². The summed E-state index contributed by atoms with van der Waals surface area (Å²) in [7, 11) is 0. The van der Waals surface area contributed by atoms with E-state index in [1.807, 2.05) is 36.4 Å². The number of hydrogen-bond acceptors (Lipinski definition) is 3. The van der Waals surface area contributed by atoms with Gasteiger partial charge in [-0.05, 0) is 62.8 Å². The molecule has 21 heavy (non-hydrogen) atoms. The fourth-order valence-electron chi connectivity index (χ4n) is 2.10. The van der Waals surface area contributed by atoms with Gasteiger partial charge in [-0.3, -0.25) is 4.79 Å². The highest BCUT2D eigenvalue weighted by Gasteiger charge is 2.33. The van der Waals surface area contributed by atoms with Gasteiger partial charge in [-0.15, -0.1) is 0 Å². The molecule has 0 spiro atoms. The zero-order valence-electron chi connectivity index (χ0n) is 11.0. The Bertz CT molecular complexity index is 674. The van der Waals surface area contributed by atoms with Crippen molar-refractivity contribution in [3.63, 3.8) is 0 Å². The predicted octanol–water partition coefficient (Wildman–Crippen LogP) is 3.35. The number of carbonyl (C=O) groups is 1. The number of carbonyl (C=O) groups excluding carboxylic acids is 1. The van der Waals surface area contributed by atoms with E-state index in [0.717, 1.165) is 13.6 Å². The number of hydrogen-bond donors (Lipinski definition) is 0. The van der Waals surface area contributed by atoms with E-state index in [9.17, 15) is 4.79 Å². The van der Waals surface area contributed by atoms with Crippen LogP contribution in [0.3, 0.4) is 0 Å². The van der Waals surface area contributed by atoms with Crippen molar-refractivity contribution in [3.05, 3.63) is 56.2 Å². The van der Waals surface area contributed by atoms with Crippen molar-refractivity contribution in [2.45, 2.75) is 6.10 Å². The molecule has 0 radical (unpaired) electrons. The number of pyridine rings is 1. The first-order valence-corrected chi connectivity index (χ1v) is 8.33. The Morgan fingerprint density at radius 3 is 2.76 bits per heavy atom. The molecule has 0 atom stereocenters. The maximum atomic E-state index is 12.4. The third-order valence-electron chi connectivity index (χ3n) is 3.24. The van der Waals surface area contributed by atoms with Crippen LogP contribution in [0, 0.1) is 3.57 Å². The van der Waals surface area contributed by atoms with Crippen molar-refractivity contribution in [2.75, 3.05) is 13.1 Å². The maximum absolute atomic E-state index is 12.4. The average Bonchev–Trinajstić information content (AvgIpc) is 2.44. The van der Waals surface area contributed by atoms with E-state index < -0.39 is 0 Å². The van der Waals surface area contributed by atoms with E-state index in [4.69, 9.17) is 4.74 Å². The van der Waals surface area contributed by atoms with Gasteiger partial charge in [-0.25, -0.2) is 4.98 Å². The van der Waals surface area contributed by atoms with E-state index in [1.54, 1.807) is 11.1 Å². The summed E-state index contributed by atoms with van der Waals surface area (Å²) in [6.45, 7) is 1.18. The van der Waals surface area contributed by atoms with Gasteiger partial charge in [0.15, 0.2) is 0 Å². The molecule has 6 heteroatoms. The molecule has 3 rings (SSSR count). The third kappa shape index (κ3) is 3.21. The number of amides is 1. The second-order valence-electron chi connectivity index (χ2n) is 4.72. The minimum Gasteiger partial charge on any atom is -0.470 e. The summed E-state index contributed by atoms with van der Waals surface area (Å²) in [4.78, 5) is 18.3. The first-order valence-electron chi connectivity index (χ1n) is 6.46. The lowest BCUT2D eigenvalue weighted by molar-refractivity contribution is 0.0156. The van der Waals surface area contributed by atoms with Crippen molar-refractivity contribution in [2.24, 2.45) is 0 Å². The number of ether oxygens (including phenoxy) is 1. The third-order valence-corrected chi connectivity index (χ3v) is 4.79. The molecule has 1 fully saturated rings. The normalized spacial score (nSPS) is 14.7. The second-order valence-corrected chi connectivity index (χ2v) is 6.74. The van der Waals surface area contributed by atoms with Crippen LogP contribution in [0.5, 0.6) is 5.88 Å². The molecule has 1 aromatic carbocycles. The van der Waals surface area contributed by atoms with Crippen LogP contribution in [0.1, 0.15) is 10.4 Å². The van der Waals surface area contributed by atoms with Gasteiger partial charge in [0.25, 0.3) is 5.91 Å². The van der Waals surface area contributed by atoms with Gasteiger partial charge in [0.1, 0.15) is 6.10 Å². The van der Waals surface area contributed by atoms with E-state index in [0.29, 0.717) is 19.0 Å². The smallest absolute Gasteiger partial charge is 0.255 e. The summed E-state index contributed by atoms with van der Waals surface area (Å²) in [5, 5.41) is 0. The van der Waals surface area contributed by atoms with Crippen LogP contribution < -0.4 is 4.74 Å². The monoisotopic (exact) mass is 458 g/mol. The summed E-state index contributed by atoms with van der Waals surface area (Å²) in [5.41, 5.74) is 0.746. The number of rotatable bonds is 3. The maximum Gasteiger partial charge on any atom is 0.255 e. The molecular weight excluding hydrogens is 447 g/mol. The molecule has 2 aromatic rings. The van der Waals surface area contributed by atoms with Gasteiger partial charge in [0.2, 0.25) is 5.88 Å². The molecule has 0 bridgehead atoms. The van der Waals surface area contributed by atoms with Crippen molar-refractivity contribution in [3.8, 4) is 5.88 Å². The van der Waals surface area contributed by atoms with Gasteiger partial charge < -0.3 is 9.64 Å². The van der Waals surface area contributed by atoms with Crippen molar-refractivity contribution in [1.82, 2.24) is 9.88 Å². The summed E-state index contributed by atoms with van der Waals surface area (Å²) >= 11 is 5.58. The fourth-order valence-corrected chi connectivity index (χ4v) is 3.07. The van der Waals surface area contributed by atoms with E-state index >= 15 is 0 Å². The number of likely N-dealkylation sites (tertiary alicyclic amines) is 1. The first kappa shape index (κ1) is 14.8. The average molecular weight is 459 g/mol. The Morgan fingerprint density at radius 1 is 1.29 bits per heavy atom. The van der Waals surface area contributed by atoms with E-state index in [-0.39, 0.29) is 12.0 Å². The summed E-state index contributed by atoms with van der Waals surface area (Å²) < 4.78 is 7.57. The van der Waals surface area contributed by atoms with Gasteiger partial charge >= 0.3 is 0 Å². The highest BCUT2D eigenvalue weighted by atomic mass is 127. The minimum absolute atomic E-state index is 0.00141. The SMILES string of the molecule is O=C(c1ccccc1I)N1CC(Oc2ncccc2Br)C1. The molecule has 2 heterocycles. The Kier molecular flexibility index (Phi) is 4.44. The van der Waals surface area contributed by atoms with E-state index in [2.05, 4.69) is 43.5 Å². The molecule has 1 aliphatic rings. The lowest BCUT2D eigenvalue weighted by Gasteiger charge is -2.38. The minimum atomic E-state index is 0.00141. The fraction of sp³-hybridized carbons (Fsp3) is 0.200. The lowest BCUT2D eigenvalue weighted by Crippen LogP contribution is -2.56. The van der Waals surface area contributed by atoms with Gasteiger partial charge in [-0.1, -0.05) is 12.1 Å². The van der Waals surface area contributed by atoms with Crippen LogP contribution in [0.4, 0.5) is 0 Å². The van der Waals surface area contributed by atoms with Crippen LogP contribution in [0.15, 0.2) is 47.1 Å². The number of halogens is 2.